The van der Waals surface area contributed by atoms with Crippen molar-refractivity contribution in [2.45, 2.75) is 0 Å². The van der Waals surface area contributed by atoms with E-state index in [-0.39, 0.29) is 12.4 Å². The lowest BCUT2D eigenvalue weighted by atomic mass is 10.3. The van der Waals surface area contributed by atoms with Gasteiger partial charge in [-0.15, -0.1) is 0 Å². The summed E-state index contributed by atoms with van der Waals surface area (Å²) in [5.74, 6) is 0. The summed E-state index contributed by atoms with van der Waals surface area (Å²) in [6.45, 7) is 0.629. The van der Waals surface area contributed by atoms with Gasteiger partial charge < -0.3 is 12.4 Å². The van der Waals surface area contributed by atoms with E-state index in [0.717, 1.165) is 4.48 Å². The Morgan fingerprint density at radius 2 is 1.67 bits per heavy atom. The van der Waals surface area contributed by atoms with Crippen LogP contribution in [-0.4, -0.2) is 20.8 Å². The fourth-order valence-electron chi connectivity index (χ4n) is 0.937. The Morgan fingerprint density at radius 3 is 2.08 bits per heavy atom. The molecule has 1 aromatic rings. The van der Waals surface area contributed by atoms with Crippen LogP contribution in [-0.2, 0) is 0 Å². The molecule has 12 heavy (non-hydrogen) atoms. The molecule has 2 nitrogen and oxygen atoms in total. The first-order valence-corrected chi connectivity index (χ1v) is 3.75. The number of nitrogens with two attached hydrogens (primary N) is 1. The van der Waals surface area contributed by atoms with E-state index in [1.165, 1.54) is 5.69 Å². The Hall–Kier alpha value is -0.570. The Labute approximate surface area is 80.0 Å². The zero-order chi connectivity index (χ0) is 8.32. The van der Waals surface area contributed by atoms with Crippen molar-refractivity contribution in [2.75, 3.05) is 20.8 Å². The van der Waals surface area contributed by atoms with Crippen LogP contribution in [0.2, 0.25) is 0 Å². The van der Waals surface area contributed by atoms with Gasteiger partial charge in [-0.05, 0) is 12.1 Å². The third kappa shape index (κ3) is 2.48. The number of halogens is 1. The maximum absolute atomic E-state index is 5.61. The van der Waals surface area contributed by atoms with Crippen molar-refractivity contribution in [2.24, 2.45) is 5.73 Å². The van der Waals surface area contributed by atoms with Crippen molar-refractivity contribution in [3.05, 3.63) is 30.3 Å². The summed E-state index contributed by atoms with van der Waals surface area (Å²) in [5, 5.41) is 0. The normalized spacial score (nSPS) is 10.6. The predicted octanol–water partition coefficient (Wildman–Crippen LogP) is -1.83. The van der Waals surface area contributed by atoms with E-state index >= 15 is 0 Å². The molecular formula is C9H15ClN2. The highest BCUT2D eigenvalue weighted by atomic mass is 35.5. The van der Waals surface area contributed by atoms with Gasteiger partial charge in [0.15, 0.2) is 0 Å². The molecule has 0 aromatic heterocycles. The number of rotatable bonds is 2. The lowest BCUT2D eigenvalue weighted by Crippen LogP contribution is -3.00. The second-order valence-electron chi connectivity index (χ2n) is 3.20. The van der Waals surface area contributed by atoms with Gasteiger partial charge in [0.25, 0.3) is 0 Å². The minimum Gasteiger partial charge on any atom is -1.00 e. The number of hydrogen-bond acceptors (Lipinski definition) is 1. The highest BCUT2D eigenvalue weighted by molar-refractivity contribution is 5.40. The summed E-state index contributed by atoms with van der Waals surface area (Å²) in [6, 6.07) is 10.3. The van der Waals surface area contributed by atoms with Crippen LogP contribution < -0.4 is 22.6 Å². The zero-order valence-corrected chi connectivity index (χ0v) is 8.25. The van der Waals surface area contributed by atoms with Gasteiger partial charge in [-0.2, -0.15) is 0 Å². The molecule has 3 heteroatoms. The van der Waals surface area contributed by atoms with E-state index < -0.39 is 0 Å². The Morgan fingerprint density at radius 1 is 1.17 bits per heavy atom. The molecule has 0 saturated carbocycles. The molecule has 0 fully saturated rings. The molecule has 0 atom stereocenters. The molecule has 0 aliphatic carbocycles. The summed E-state index contributed by atoms with van der Waals surface area (Å²) in [7, 11) is 4.19. The van der Waals surface area contributed by atoms with Crippen LogP contribution in [0.3, 0.4) is 0 Å². The first kappa shape index (κ1) is 11.4. The first-order chi connectivity index (χ1) is 5.17. The maximum Gasteiger partial charge on any atom is 0.134 e. The summed E-state index contributed by atoms with van der Waals surface area (Å²) in [4.78, 5) is 0. The molecule has 1 aromatic carbocycles. The fourth-order valence-corrected chi connectivity index (χ4v) is 0.937. The third-order valence-corrected chi connectivity index (χ3v) is 1.91. The number of para-hydroxylation sites is 1. The number of benzene rings is 1. The van der Waals surface area contributed by atoms with Crippen LogP contribution in [0, 0.1) is 0 Å². The van der Waals surface area contributed by atoms with Crippen molar-refractivity contribution in [1.82, 2.24) is 4.48 Å². The molecular weight excluding hydrogens is 172 g/mol. The third-order valence-electron chi connectivity index (χ3n) is 1.91. The van der Waals surface area contributed by atoms with Gasteiger partial charge >= 0.3 is 0 Å². The van der Waals surface area contributed by atoms with E-state index in [1.54, 1.807) is 0 Å². The van der Waals surface area contributed by atoms with Crippen LogP contribution in [0.15, 0.2) is 30.3 Å². The summed E-state index contributed by atoms with van der Waals surface area (Å²) in [5.41, 5.74) is 6.86. The molecule has 1 rings (SSSR count). The fraction of sp³-hybridized carbons (Fsp3) is 0.333. The zero-order valence-electron chi connectivity index (χ0n) is 7.50. The largest absolute Gasteiger partial charge is 1.00 e. The molecule has 0 radical (unpaired) electrons. The van der Waals surface area contributed by atoms with Crippen LogP contribution in [0.1, 0.15) is 0 Å². The quantitative estimate of drug-likeness (QED) is 0.427. The maximum atomic E-state index is 5.61. The van der Waals surface area contributed by atoms with Crippen molar-refractivity contribution >= 4 is 5.69 Å². The molecule has 0 unspecified atom stereocenters. The van der Waals surface area contributed by atoms with Gasteiger partial charge in [-0.1, -0.05) is 18.2 Å². The van der Waals surface area contributed by atoms with Gasteiger partial charge in [0.2, 0.25) is 0 Å². The molecule has 0 aliphatic heterocycles. The highest BCUT2D eigenvalue weighted by Gasteiger charge is 2.14. The van der Waals surface area contributed by atoms with Crippen LogP contribution in [0.4, 0.5) is 5.69 Å². The van der Waals surface area contributed by atoms with Crippen LogP contribution in [0.5, 0.6) is 0 Å². The Bertz CT molecular complexity index is 221. The molecule has 0 bridgehead atoms. The molecule has 68 valence electrons. The highest BCUT2D eigenvalue weighted by Crippen LogP contribution is 2.15. The minimum absolute atomic E-state index is 0. The van der Waals surface area contributed by atoms with E-state index in [2.05, 4.69) is 26.2 Å². The molecule has 0 heterocycles. The van der Waals surface area contributed by atoms with E-state index in [1.807, 2.05) is 18.2 Å². The van der Waals surface area contributed by atoms with Gasteiger partial charge in [0.1, 0.15) is 12.4 Å². The van der Waals surface area contributed by atoms with Gasteiger partial charge in [0.05, 0.1) is 14.1 Å². The SMILES string of the molecule is C[N+](C)(CN)c1ccccc1.[Cl-]. The predicted molar refractivity (Wildman–Crippen MR) is 49.1 cm³/mol. The summed E-state index contributed by atoms with van der Waals surface area (Å²) < 4.78 is 0.737. The molecule has 0 amide bonds. The van der Waals surface area contributed by atoms with Gasteiger partial charge in [0, 0.05) is 0 Å². The van der Waals surface area contributed by atoms with Gasteiger partial charge in [-0.3, -0.25) is 10.2 Å². The van der Waals surface area contributed by atoms with Crippen LogP contribution >= 0.6 is 0 Å². The smallest absolute Gasteiger partial charge is 0.134 e. The van der Waals surface area contributed by atoms with E-state index in [4.69, 9.17) is 5.73 Å². The molecule has 0 aliphatic rings. The van der Waals surface area contributed by atoms with Crippen molar-refractivity contribution in [3.8, 4) is 0 Å². The van der Waals surface area contributed by atoms with Crippen molar-refractivity contribution in [1.29, 1.82) is 0 Å². The summed E-state index contributed by atoms with van der Waals surface area (Å²) in [6.07, 6.45) is 0. The average Bonchev–Trinajstić information content (AvgIpc) is 2.06. The monoisotopic (exact) mass is 186 g/mol. The standard InChI is InChI=1S/C9H15N2.ClH/c1-11(2,8-10)9-6-4-3-5-7-9;/h3-7H,8,10H2,1-2H3;1H/q+1;/p-1. The van der Waals surface area contributed by atoms with E-state index in [9.17, 15) is 0 Å². The van der Waals surface area contributed by atoms with Crippen molar-refractivity contribution < 1.29 is 12.4 Å². The second-order valence-corrected chi connectivity index (χ2v) is 3.20. The average molecular weight is 187 g/mol. The Balaban J connectivity index is 0.00000121. The topological polar surface area (TPSA) is 26.0 Å². The number of quaternary nitrogens is 1. The van der Waals surface area contributed by atoms with E-state index in [0.29, 0.717) is 6.67 Å². The lowest BCUT2D eigenvalue weighted by molar-refractivity contribution is -0.00000250. The lowest BCUT2D eigenvalue weighted by Gasteiger charge is -2.26. The number of nitrogens with zero attached hydrogens (tertiary/aromatic N) is 1. The second kappa shape index (κ2) is 4.45. The van der Waals surface area contributed by atoms with Crippen molar-refractivity contribution in [3.63, 3.8) is 0 Å². The number of hydrogen-bond donors (Lipinski definition) is 1. The molecule has 0 spiro atoms. The minimum atomic E-state index is 0. The summed E-state index contributed by atoms with van der Waals surface area (Å²) >= 11 is 0. The molecule has 2 N–H and O–H groups in total. The first-order valence-electron chi connectivity index (χ1n) is 3.75. The Kier molecular flexibility index (Phi) is 4.24. The van der Waals surface area contributed by atoms with Crippen LogP contribution in [0.25, 0.3) is 0 Å². The van der Waals surface area contributed by atoms with Gasteiger partial charge in [-0.25, -0.2) is 0 Å². The molecule has 0 saturated heterocycles.